The highest BCUT2D eigenvalue weighted by Crippen LogP contribution is 2.36. The van der Waals surface area contributed by atoms with Gasteiger partial charge in [0, 0.05) is 23.8 Å². The van der Waals surface area contributed by atoms with Crippen molar-refractivity contribution in [3.05, 3.63) is 30.9 Å². The number of pyridine rings is 1. The lowest BCUT2D eigenvalue weighted by Crippen LogP contribution is -2.45. The number of imidazole rings is 1. The second kappa shape index (κ2) is 5.48. The average Bonchev–Trinajstić information content (AvgIpc) is 3.10. The van der Waals surface area contributed by atoms with Gasteiger partial charge in [0.05, 0.1) is 18.2 Å². The van der Waals surface area contributed by atoms with E-state index in [2.05, 4.69) is 33.5 Å². The van der Waals surface area contributed by atoms with E-state index in [4.69, 9.17) is 5.73 Å². The Kier molecular flexibility index (Phi) is 3.68. The molecule has 0 unspecified atom stereocenters. The minimum absolute atomic E-state index is 0.229. The van der Waals surface area contributed by atoms with Gasteiger partial charge >= 0.3 is 0 Å². The Balaban J connectivity index is 1.95. The van der Waals surface area contributed by atoms with Gasteiger partial charge in [-0.2, -0.15) is 0 Å². The summed E-state index contributed by atoms with van der Waals surface area (Å²) >= 11 is 0. The fourth-order valence-corrected chi connectivity index (χ4v) is 3.40. The van der Waals surface area contributed by atoms with Crippen LogP contribution in [-0.2, 0) is 6.54 Å². The molecule has 2 aromatic heterocycles. The highest BCUT2D eigenvalue weighted by atomic mass is 15.2. The average molecular weight is 285 g/mol. The first kappa shape index (κ1) is 14.1. The number of rotatable bonds is 4. The van der Waals surface area contributed by atoms with Crippen molar-refractivity contribution in [2.75, 3.05) is 19.8 Å². The summed E-state index contributed by atoms with van der Waals surface area (Å²) in [6, 6.07) is 3.92. The van der Waals surface area contributed by atoms with Gasteiger partial charge in [0.1, 0.15) is 5.82 Å². The van der Waals surface area contributed by atoms with Gasteiger partial charge < -0.3 is 15.2 Å². The molecule has 0 atom stereocenters. The van der Waals surface area contributed by atoms with E-state index < -0.39 is 0 Å². The summed E-state index contributed by atoms with van der Waals surface area (Å²) in [7, 11) is 4.36. The molecule has 0 saturated heterocycles. The predicted molar refractivity (Wildman–Crippen MR) is 84.8 cm³/mol. The summed E-state index contributed by atoms with van der Waals surface area (Å²) in [5.74, 6) is 0.560. The number of anilines is 1. The fraction of sp³-hybridized carbons (Fsp3) is 0.500. The van der Waals surface area contributed by atoms with Crippen molar-refractivity contribution in [1.29, 1.82) is 0 Å². The second-order valence-corrected chi connectivity index (χ2v) is 6.17. The van der Waals surface area contributed by atoms with E-state index in [0.29, 0.717) is 5.82 Å². The lowest BCUT2D eigenvalue weighted by Gasteiger charge is -2.37. The van der Waals surface area contributed by atoms with Crippen LogP contribution in [0.4, 0.5) is 5.82 Å². The molecule has 112 valence electrons. The smallest absolute Gasteiger partial charge is 0.132 e. The Morgan fingerprint density at radius 3 is 2.76 bits per heavy atom. The quantitative estimate of drug-likeness (QED) is 0.937. The van der Waals surface area contributed by atoms with Crippen LogP contribution >= 0.6 is 0 Å². The number of nitrogens with zero attached hydrogens (tertiary/aromatic N) is 4. The van der Waals surface area contributed by atoms with Gasteiger partial charge in [-0.3, -0.25) is 0 Å². The van der Waals surface area contributed by atoms with E-state index in [9.17, 15) is 0 Å². The summed E-state index contributed by atoms with van der Waals surface area (Å²) in [6.45, 7) is 0.948. The lowest BCUT2D eigenvalue weighted by molar-refractivity contribution is 0.134. The summed E-state index contributed by atoms with van der Waals surface area (Å²) in [4.78, 5) is 10.9. The third-order valence-corrected chi connectivity index (χ3v) is 4.77. The molecule has 0 amide bonds. The fourth-order valence-electron chi connectivity index (χ4n) is 3.40. The zero-order valence-corrected chi connectivity index (χ0v) is 12.8. The van der Waals surface area contributed by atoms with Crippen molar-refractivity contribution in [1.82, 2.24) is 19.4 Å². The maximum absolute atomic E-state index is 6.02. The summed E-state index contributed by atoms with van der Waals surface area (Å²) in [6.07, 6.45) is 10.6. The molecule has 0 aromatic carbocycles. The number of hydrogen-bond donors (Lipinski definition) is 1. The Hall–Kier alpha value is -1.88. The molecule has 2 N–H and O–H groups in total. The van der Waals surface area contributed by atoms with Crippen LogP contribution in [0.2, 0.25) is 0 Å². The first-order chi connectivity index (χ1) is 10.1. The van der Waals surface area contributed by atoms with Crippen LogP contribution in [0.1, 0.15) is 25.7 Å². The maximum Gasteiger partial charge on any atom is 0.132 e. The van der Waals surface area contributed by atoms with Gasteiger partial charge in [-0.25, -0.2) is 9.97 Å². The van der Waals surface area contributed by atoms with E-state index in [1.807, 2.05) is 24.7 Å². The Morgan fingerprint density at radius 1 is 1.33 bits per heavy atom. The molecular formula is C16H23N5. The highest BCUT2D eigenvalue weighted by Gasteiger charge is 2.36. The second-order valence-electron chi connectivity index (χ2n) is 6.17. The molecule has 1 fully saturated rings. The first-order valence-electron chi connectivity index (χ1n) is 7.51. The van der Waals surface area contributed by atoms with E-state index >= 15 is 0 Å². The highest BCUT2D eigenvalue weighted by molar-refractivity contribution is 5.70. The van der Waals surface area contributed by atoms with Crippen LogP contribution in [-0.4, -0.2) is 39.1 Å². The van der Waals surface area contributed by atoms with Gasteiger partial charge in [0.2, 0.25) is 0 Å². The van der Waals surface area contributed by atoms with Crippen molar-refractivity contribution in [3.8, 4) is 11.3 Å². The van der Waals surface area contributed by atoms with Crippen LogP contribution in [0.15, 0.2) is 30.9 Å². The molecule has 2 heterocycles. The zero-order valence-electron chi connectivity index (χ0n) is 12.8. The number of nitrogens with two attached hydrogens (primary N) is 1. The van der Waals surface area contributed by atoms with Crippen LogP contribution < -0.4 is 5.73 Å². The van der Waals surface area contributed by atoms with Crippen molar-refractivity contribution in [2.45, 2.75) is 37.8 Å². The molecule has 0 aliphatic heterocycles. The molecule has 1 saturated carbocycles. The topological polar surface area (TPSA) is 60.0 Å². The minimum Gasteiger partial charge on any atom is -0.383 e. The van der Waals surface area contributed by atoms with Gasteiger partial charge in [-0.15, -0.1) is 0 Å². The summed E-state index contributed by atoms with van der Waals surface area (Å²) < 4.78 is 2.22. The molecule has 1 aliphatic carbocycles. The lowest BCUT2D eigenvalue weighted by atomic mass is 9.95. The van der Waals surface area contributed by atoms with Gasteiger partial charge in [-0.05, 0) is 39.1 Å². The molecule has 0 bridgehead atoms. The number of likely N-dealkylation sites (N-methyl/N-ethyl adjacent to an activating group) is 1. The molecule has 0 radical (unpaired) electrons. The molecular weight excluding hydrogens is 262 g/mol. The van der Waals surface area contributed by atoms with Crippen LogP contribution in [0.3, 0.4) is 0 Å². The third kappa shape index (κ3) is 2.53. The molecule has 21 heavy (non-hydrogen) atoms. The van der Waals surface area contributed by atoms with E-state index in [0.717, 1.165) is 17.8 Å². The van der Waals surface area contributed by atoms with Crippen molar-refractivity contribution < 1.29 is 0 Å². The molecule has 1 aliphatic rings. The van der Waals surface area contributed by atoms with E-state index in [1.165, 1.54) is 25.7 Å². The van der Waals surface area contributed by atoms with Gasteiger partial charge in [0.25, 0.3) is 0 Å². The maximum atomic E-state index is 6.02. The van der Waals surface area contributed by atoms with Crippen LogP contribution in [0, 0.1) is 0 Å². The molecule has 5 heteroatoms. The Bertz CT molecular complexity index is 611. The number of nitrogen functional groups attached to an aromatic ring is 1. The van der Waals surface area contributed by atoms with E-state index in [-0.39, 0.29) is 5.54 Å². The van der Waals surface area contributed by atoms with Crippen molar-refractivity contribution in [2.24, 2.45) is 0 Å². The van der Waals surface area contributed by atoms with Crippen molar-refractivity contribution in [3.63, 3.8) is 0 Å². The summed E-state index contributed by atoms with van der Waals surface area (Å²) in [5.41, 5.74) is 8.26. The normalized spacial score (nSPS) is 17.5. The van der Waals surface area contributed by atoms with Crippen molar-refractivity contribution >= 4 is 5.82 Å². The van der Waals surface area contributed by atoms with E-state index in [1.54, 1.807) is 6.20 Å². The molecule has 5 nitrogen and oxygen atoms in total. The van der Waals surface area contributed by atoms with Gasteiger partial charge in [-0.1, -0.05) is 12.8 Å². The standard InChI is InChI=1S/C16H23N5/c1-20(2)16(7-3-4-8-16)11-21-12-18-10-14(21)13-6-5-9-19-15(13)17/h5-6,9-10,12H,3-4,7-8,11H2,1-2H3,(H2,17,19). The minimum atomic E-state index is 0.229. The zero-order chi connectivity index (χ0) is 14.9. The number of aromatic nitrogens is 3. The molecule has 2 aromatic rings. The van der Waals surface area contributed by atoms with Crippen LogP contribution in [0.5, 0.6) is 0 Å². The molecule has 3 rings (SSSR count). The SMILES string of the molecule is CN(C)C1(Cn2cncc2-c2cccnc2N)CCCC1. The largest absolute Gasteiger partial charge is 0.383 e. The Labute approximate surface area is 125 Å². The monoisotopic (exact) mass is 285 g/mol. The predicted octanol–water partition coefficient (Wildman–Crippen LogP) is 2.40. The number of hydrogen-bond acceptors (Lipinski definition) is 4. The Morgan fingerprint density at radius 2 is 2.10 bits per heavy atom. The van der Waals surface area contributed by atoms with Crippen LogP contribution in [0.25, 0.3) is 11.3 Å². The third-order valence-electron chi connectivity index (χ3n) is 4.77. The first-order valence-corrected chi connectivity index (χ1v) is 7.51. The molecule has 0 spiro atoms. The summed E-state index contributed by atoms with van der Waals surface area (Å²) in [5, 5.41) is 0. The van der Waals surface area contributed by atoms with Gasteiger partial charge in [0.15, 0.2) is 0 Å².